The molecule has 1 aliphatic carbocycles. The largest absolute Gasteiger partial charge is 0.496 e. The van der Waals surface area contributed by atoms with Gasteiger partial charge < -0.3 is 9.64 Å². The van der Waals surface area contributed by atoms with E-state index in [0.717, 1.165) is 36.2 Å². The maximum atomic E-state index is 15.0. The fraction of sp³-hybridized carbons (Fsp3) is 0.310. The van der Waals surface area contributed by atoms with Crippen LogP contribution < -0.4 is 9.64 Å². The van der Waals surface area contributed by atoms with Gasteiger partial charge in [-0.3, -0.25) is 9.48 Å². The Kier molecular flexibility index (Phi) is 6.13. The fourth-order valence-electron chi connectivity index (χ4n) is 5.90. The van der Waals surface area contributed by atoms with Crippen LogP contribution in [0.25, 0.3) is 22.5 Å². The third kappa shape index (κ3) is 4.31. The van der Waals surface area contributed by atoms with Crippen molar-refractivity contribution in [3.63, 3.8) is 0 Å². The average molecular weight is 516 g/mol. The van der Waals surface area contributed by atoms with E-state index < -0.39 is 11.6 Å². The van der Waals surface area contributed by atoms with Gasteiger partial charge in [-0.25, -0.2) is 18.7 Å². The van der Waals surface area contributed by atoms with Crippen molar-refractivity contribution in [2.75, 3.05) is 18.6 Å². The van der Waals surface area contributed by atoms with Crippen molar-refractivity contribution in [1.82, 2.24) is 19.7 Å². The first-order valence-electron chi connectivity index (χ1n) is 12.7. The quantitative estimate of drug-likeness (QED) is 0.313. The van der Waals surface area contributed by atoms with Crippen LogP contribution in [0.1, 0.15) is 35.3 Å². The number of carbonyl (C=O) groups excluding carboxylic acids is 1. The zero-order valence-electron chi connectivity index (χ0n) is 21.2. The molecular weight excluding hydrogens is 488 g/mol. The Balaban J connectivity index is 1.40. The number of anilines is 1. The molecule has 38 heavy (non-hydrogen) atoms. The van der Waals surface area contributed by atoms with Crippen LogP contribution in [0, 0.1) is 17.6 Å². The first kappa shape index (κ1) is 24.2. The third-order valence-electron chi connectivity index (χ3n) is 7.58. The molecule has 2 aromatic heterocycles. The summed E-state index contributed by atoms with van der Waals surface area (Å²) in [7, 11) is 3.26. The molecule has 9 heteroatoms. The van der Waals surface area contributed by atoms with Crippen LogP contribution >= 0.6 is 0 Å². The van der Waals surface area contributed by atoms with Gasteiger partial charge in [-0.15, -0.1) is 0 Å². The van der Waals surface area contributed by atoms with Crippen LogP contribution in [0.2, 0.25) is 0 Å². The molecule has 2 aliphatic rings. The number of Topliss-reactive ketones (excluding diaryl/α,β-unsaturated/α-hetero) is 1. The second-order valence-corrected chi connectivity index (χ2v) is 10.0. The van der Waals surface area contributed by atoms with Crippen LogP contribution in [0.3, 0.4) is 0 Å². The minimum Gasteiger partial charge on any atom is -0.496 e. The average Bonchev–Trinajstić information content (AvgIpc) is 3.66. The predicted molar refractivity (Wildman–Crippen MR) is 139 cm³/mol. The Morgan fingerprint density at radius 3 is 2.76 bits per heavy atom. The minimum atomic E-state index is -0.549. The van der Waals surface area contributed by atoms with Crippen LogP contribution in [-0.2, 0) is 13.5 Å². The van der Waals surface area contributed by atoms with Gasteiger partial charge in [0.25, 0.3) is 0 Å². The van der Waals surface area contributed by atoms with Gasteiger partial charge in [0.05, 0.1) is 18.9 Å². The first-order chi connectivity index (χ1) is 18.4. The summed E-state index contributed by atoms with van der Waals surface area (Å²) in [6, 6.07) is 9.27. The lowest BCUT2D eigenvalue weighted by atomic mass is 9.95. The summed E-state index contributed by atoms with van der Waals surface area (Å²) in [6.07, 6.45) is 8.33. The van der Waals surface area contributed by atoms with Gasteiger partial charge in [0.1, 0.15) is 23.1 Å². The highest BCUT2D eigenvalue weighted by Crippen LogP contribution is 2.45. The molecule has 0 N–H and O–H groups in total. The number of carbonyl (C=O) groups is 1. The van der Waals surface area contributed by atoms with Gasteiger partial charge in [0, 0.05) is 55.3 Å². The lowest BCUT2D eigenvalue weighted by Gasteiger charge is -2.33. The minimum absolute atomic E-state index is 0.0539. The molecule has 194 valence electrons. The fourth-order valence-corrected chi connectivity index (χ4v) is 5.90. The molecule has 6 rings (SSSR count). The van der Waals surface area contributed by atoms with Crippen LogP contribution in [0.4, 0.5) is 14.5 Å². The van der Waals surface area contributed by atoms with Gasteiger partial charge in [0.2, 0.25) is 0 Å². The van der Waals surface area contributed by atoms with Crippen molar-refractivity contribution in [2.45, 2.75) is 31.7 Å². The highest BCUT2D eigenvalue weighted by molar-refractivity contribution is 5.98. The molecule has 0 radical (unpaired) electrons. The van der Waals surface area contributed by atoms with Crippen molar-refractivity contribution in [2.24, 2.45) is 13.0 Å². The zero-order chi connectivity index (χ0) is 26.4. The van der Waals surface area contributed by atoms with Gasteiger partial charge in [0.15, 0.2) is 11.6 Å². The Morgan fingerprint density at radius 1 is 1.18 bits per heavy atom. The van der Waals surface area contributed by atoms with Gasteiger partial charge in [-0.05, 0) is 61.1 Å². The van der Waals surface area contributed by atoms with Crippen molar-refractivity contribution in [1.29, 1.82) is 0 Å². The van der Waals surface area contributed by atoms with E-state index in [0.29, 0.717) is 17.5 Å². The number of fused-ring (bicyclic) bond motifs is 2. The van der Waals surface area contributed by atoms with E-state index in [1.807, 2.05) is 13.2 Å². The standard InChI is InChI=1S/C29H27F2N5O2/c1-35-16-19(14-33-35)22-13-20(30)11-18(28(22)36-15-17-6-7-21(36)10-17)12-25(37)24-8-9-32-29(34-24)27-23(31)4-3-5-26(27)38-2/h3-5,8-9,11,13-14,16-17,21H,6-7,10,12,15H2,1-2H3/t17-,21+/m1/s1. The molecule has 2 fully saturated rings. The maximum absolute atomic E-state index is 15.0. The van der Waals surface area contributed by atoms with E-state index in [4.69, 9.17) is 4.74 Å². The monoisotopic (exact) mass is 515 g/mol. The SMILES string of the molecule is COc1cccc(F)c1-c1nccc(C(=O)Cc2cc(F)cc(-c3cnn(C)c3)c2N2C[C@@H]3CC[C@H]2C3)n1. The summed E-state index contributed by atoms with van der Waals surface area (Å²) in [5.74, 6) is -0.344. The number of hydrogen-bond acceptors (Lipinski definition) is 6. The molecule has 2 atom stereocenters. The third-order valence-corrected chi connectivity index (χ3v) is 7.58. The normalized spacial score (nSPS) is 18.3. The molecule has 2 aromatic carbocycles. The maximum Gasteiger partial charge on any atom is 0.185 e. The lowest BCUT2D eigenvalue weighted by Crippen LogP contribution is -2.33. The van der Waals surface area contributed by atoms with Crippen LogP contribution in [-0.4, -0.2) is 45.2 Å². The second-order valence-electron chi connectivity index (χ2n) is 10.0. The molecule has 0 spiro atoms. The Bertz CT molecular complexity index is 1540. The summed E-state index contributed by atoms with van der Waals surface area (Å²) >= 11 is 0. The Morgan fingerprint density at radius 2 is 2.05 bits per heavy atom. The number of halogens is 2. The molecule has 0 unspecified atom stereocenters. The smallest absolute Gasteiger partial charge is 0.185 e. The van der Waals surface area contributed by atoms with E-state index in [-0.39, 0.29) is 35.0 Å². The number of rotatable bonds is 7. The molecule has 4 aromatic rings. The first-order valence-corrected chi connectivity index (χ1v) is 12.7. The second kappa shape index (κ2) is 9.63. The van der Waals surface area contributed by atoms with Gasteiger partial charge in [-0.2, -0.15) is 5.10 Å². The predicted octanol–water partition coefficient (Wildman–Crippen LogP) is 5.25. The molecule has 7 nitrogen and oxygen atoms in total. The van der Waals surface area contributed by atoms with Gasteiger partial charge >= 0.3 is 0 Å². The Hall–Kier alpha value is -4.14. The molecular formula is C29H27F2N5O2. The van der Waals surface area contributed by atoms with E-state index in [9.17, 15) is 9.18 Å². The number of hydrogen-bond donors (Lipinski definition) is 0. The number of methoxy groups -OCH3 is 1. The lowest BCUT2D eigenvalue weighted by molar-refractivity contribution is 0.0988. The van der Waals surface area contributed by atoms with Crippen molar-refractivity contribution < 1.29 is 18.3 Å². The van der Waals surface area contributed by atoms with E-state index in [2.05, 4.69) is 20.0 Å². The molecule has 3 heterocycles. The number of nitrogens with zero attached hydrogens (tertiary/aromatic N) is 5. The molecule has 1 saturated heterocycles. The highest BCUT2D eigenvalue weighted by Gasteiger charge is 2.40. The zero-order valence-corrected chi connectivity index (χ0v) is 21.2. The van der Waals surface area contributed by atoms with Crippen molar-refractivity contribution in [3.05, 3.63) is 77.9 Å². The van der Waals surface area contributed by atoms with Crippen LogP contribution in [0.5, 0.6) is 5.75 Å². The topological polar surface area (TPSA) is 73.1 Å². The number of benzene rings is 2. The van der Waals surface area contributed by atoms with E-state index in [1.165, 1.54) is 50.1 Å². The Labute approximate surface area is 219 Å². The summed E-state index contributed by atoms with van der Waals surface area (Å²) in [6.45, 7) is 0.884. The molecule has 0 amide bonds. The number of ketones is 1. The number of aryl methyl sites for hydroxylation is 1. The number of ether oxygens (including phenoxy) is 1. The van der Waals surface area contributed by atoms with Crippen molar-refractivity contribution >= 4 is 11.5 Å². The molecule has 1 aliphatic heterocycles. The van der Waals surface area contributed by atoms with E-state index in [1.54, 1.807) is 16.9 Å². The molecule has 1 saturated carbocycles. The summed E-state index contributed by atoms with van der Waals surface area (Å²) in [4.78, 5) is 24.5. The van der Waals surface area contributed by atoms with E-state index >= 15 is 4.39 Å². The molecule has 2 bridgehead atoms. The van der Waals surface area contributed by atoms with Crippen molar-refractivity contribution in [3.8, 4) is 28.3 Å². The van der Waals surface area contributed by atoms with Crippen LogP contribution in [0.15, 0.2) is 55.0 Å². The summed E-state index contributed by atoms with van der Waals surface area (Å²) in [5.41, 5.74) is 3.22. The number of aromatic nitrogens is 4. The highest BCUT2D eigenvalue weighted by atomic mass is 19.1. The summed E-state index contributed by atoms with van der Waals surface area (Å²) in [5, 5.41) is 4.29. The summed E-state index contributed by atoms with van der Waals surface area (Å²) < 4.78 is 36.6. The van der Waals surface area contributed by atoms with Gasteiger partial charge in [-0.1, -0.05) is 6.07 Å². The number of piperidine rings is 1.